The van der Waals surface area contributed by atoms with Gasteiger partial charge in [0.25, 0.3) is 5.91 Å². The third-order valence-electron chi connectivity index (χ3n) is 4.37. The van der Waals surface area contributed by atoms with E-state index in [0.29, 0.717) is 11.1 Å². The predicted molar refractivity (Wildman–Crippen MR) is 109 cm³/mol. The molecule has 0 saturated heterocycles. The lowest BCUT2D eigenvalue weighted by Gasteiger charge is -2.32. The Morgan fingerprint density at radius 2 is 1.81 bits per heavy atom. The number of amides is 1. The van der Waals surface area contributed by atoms with Crippen molar-refractivity contribution >= 4 is 17.7 Å². The van der Waals surface area contributed by atoms with Crippen LogP contribution in [0.1, 0.15) is 36.1 Å². The molecule has 10 heteroatoms. The van der Waals surface area contributed by atoms with Gasteiger partial charge >= 0.3 is 11.8 Å². The molecule has 2 rings (SSSR count). The summed E-state index contributed by atoms with van der Waals surface area (Å²) in [6.07, 6.45) is 0. The van der Waals surface area contributed by atoms with E-state index in [1.54, 1.807) is 24.3 Å². The second-order valence-corrected chi connectivity index (χ2v) is 6.54. The molecule has 0 bridgehead atoms. The number of nitrogen functional groups attached to an aromatic ring is 1. The molecule has 0 aliphatic rings. The van der Waals surface area contributed by atoms with Crippen LogP contribution in [0.5, 0.6) is 0 Å². The first-order valence-electron chi connectivity index (χ1n) is 9.38. The van der Waals surface area contributed by atoms with E-state index >= 15 is 4.39 Å². The number of hydrogen-bond acceptors (Lipinski definition) is 6. The van der Waals surface area contributed by atoms with Crippen molar-refractivity contribution < 1.29 is 27.8 Å². The second kappa shape index (κ2) is 10.1. The summed E-state index contributed by atoms with van der Waals surface area (Å²) in [6, 6.07) is 8.44. The van der Waals surface area contributed by atoms with Crippen molar-refractivity contribution in [2.45, 2.75) is 32.7 Å². The van der Waals surface area contributed by atoms with Crippen molar-refractivity contribution in [2.75, 3.05) is 6.61 Å². The molecule has 0 spiro atoms. The van der Waals surface area contributed by atoms with Crippen LogP contribution in [0.25, 0.3) is 0 Å². The topological polar surface area (TPSA) is 141 Å². The number of esters is 1. The summed E-state index contributed by atoms with van der Waals surface area (Å²) in [4.78, 5) is 24.9. The van der Waals surface area contributed by atoms with E-state index < -0.39 is 34.9 Å². The fourth-order valence-electron chi connectivity index (χ4n) is 2.94. The van der Waals surface area contributed by atoms with E-state index in [1.807, 2.05) is 0 Å². The molecule has 0 unspecified atom stereocenters. The van der Waals surface area contributed by atoms with Gasteiger partial charge in [-0.3, -0.25) is 15.0 Å². The average molecular weight is 434 g/mol. The highest BCUT2D eigenvalue weighted by molar-refractivity contribution is 5.94. The maximum atomic E-state index is 15.0. The van der Waals surface area contributed by atoms with E-state index in [2.05, 4.69) is 5.32 Å². The number of amidine groups is 1. The SMILES string of the molecule is CCO[C@@](OC(C)=O)(C(=O)NCc1ccc(C(=N)N)cc1)c1c(F)ccc(CN)c1F. The minimum Gasteiger partial charge on any atom is -0.419 e. The first kappa shape index (κ1) is 23.9. The van der Waals surface area contributed by atoms with Gasteiger partial charge in [0, 0.05) is 37.7 Å². The van der Waals surface area contributed by atoms with Gasteiger partial charge in [-0.2, -0.15) is 0 Å². The Kier molecular flexibility index (Phi) is 7.78. The smallest absolute Gasteiger partial charge is 0.326 e. The number of carbonyl (C=O) groups is 2. The summed E-state index contributed by atoms with van der Waals surface area (Å²) < 4.78 is 40.2. The molecule has 1 atom stereocenters. The number of nitrogens with one attached hydrogen (secondary N) is 2. The molecule has 0 fully saturated rings. The van der Waals surface area contributed by atoms with E-state index in [9.17, 15) is 14.0 Å². The van der Waals surface area contributed by atoms with E-state index in [4.69, 9.17) is 26.4 Å². The summed E-state index contributed by atoms with van der Waals surface area (Å²) >= 11 is 0. The van der Waals surface area contributed by atoms with Gasteiger partial charge in [0.15, 0.2) is 0 Å². The van der Waals surface area contributed by atoms with Gasteiger partial charge in [0.1, 0.15) is 23.0 Å². The molecule has 2 aromatic carbocycles. The number of halogens is 2. The zero-order valence-corrected chi connectivity index (χ0v) is 17.1. The monoisotopic (exact) mass is 434 g/mol. The van der Waals surface area contributed by atoms with Gasteiger partial charge in [-0.05, 0) is 18.6 Å². The zero-order valence-electron chi connectivity index (χ0n) is 17.1. The molecule has 2 aromatic rings. The van der Waals surface area contributed by atoms with Crippen LogP contribution in [0.2, 0.25) is 0 Å². The summed E-state index contributed by atoms with van der Waals surface area (Å²) in [5.74, 6) is -7.15. The van der Waals surface area contributed by atoms with E-state index in [1.165, 1.54) is 6.92 Å². The summed E-state index contributed by atoms with van der Waals surface area (Å²) in [6.45, 7) is 1.93. The lowest BCUT2D eigenvalue weighted by Crippen LogP contribution is -2.50. The van der Waals surface area contributed by atoms with E-state index in [-0.39, 0.29) is 31.1 Å². The van der Waals surface area contributed by atoms with Crippen LogP contribution in [0, 0.1) is 17.0 Å². The Hall–Kier alpha value is -3.37. The number of ether oxygens (including phenoxy) is 2. The molecule has 6 N–H and O–H groups in total. The molecule has 0 saturated carbocycles. The van der Waals surface area contributed by atoms with Gasteiger partial charge in [0.2, 0.25) is 0 Å². The van der Waals surface area contributed by atoms with Crippen LogP contribution in [0.3, 0.4) is 0 Å². The molecule has 0 heterocycles. The molecule has 8 nitrogen and oxygen atoms in total. The number of nitrogens with two attached hydrogens (primary N) is 2. The number of hydrogen-bond donors (Lipinski definition) is 4. The largest absolute Gasteiger partial charge is 0.419 e. The van der Waals surface area contributed by atoms with Crippen molar-refractivity contribution in [2.24, 2.45) is 11.5 Å². The minimum atomic E-state index is -2.70. The first-order chi connectivity index (χ1) is 14.7. The molecule has 31 heavy (non-hydrogen) atoms. The maximum absolute atomic E-state index is 15.0. The molecule has 0 aliphatic heterocycles. The summed E-state index contributed by atoms with van der Waals surface area (Å²) in [5, 5.41) is 9.88. The number of carbonyl (C=O) groups excluding carboxylic acids is 2. The Bertz CT molecular complexity index is 982. The highest BCUT2D eigenvalue weighted by atomic mass is 19.1. The van der Waals surface area contributed by atoms with Crippen molar-refractivity contribution in [3.05, 3.63) is 70.3 Å². The highest BCUT2D eigenvalue weighted by Crippen LogP contribution is 2.34. The van der Waals surface area contributed by atoms with Gasteiger partial charge in [0.05, 0.1) is 0 Å². The molecule has 0 aliphatic carbocycles. The second-order valence-electron chi connectivity index (χ2n) is 6.54. The van der Waals surface area contributed by atoms with Crippen LogP contribution in [0.4, 0.5) is 8.78 Å². The Morgan fingerprint density at radius 1 is 1.16 bits per heavy atom. The van der Waals surface area contributed by atoms with E-state index in [0.717, 1.165) is 19.1 Å². The van der Waals surface area contributed by atoms with Crippen molar-refractivity contribution in [1.82, 2.24) is 5.32 Å². The summed E-state index contributed by atoms with van der Waals surface area (Å²) in [7, 11) is 0. The summed E-state index contributed by atoms with van der Waals surface area (Å²) in [5.41, 5.74) is 11.0. The number of benzene rings is 2. The Balaban J connectivity index is 2.47. The van der Waals surface area contributed by atoms with Gasteiger partial charge in [-0.1, -0.05) is 30.3 Å². The molecular weight excluding hydrogens is 410 g/mol. The third kappa shape index (κ3) is 5.22. The zero-order chi connectivity index (χ0) is 23.2. The molecule has 166 valence electrons. The van der Waals surface area contributed by atoms with Gasteiger partial charge < -0.3 is 26.3 Å². The van der Waals surface area contributed by atoms with Crippen LogP contribution in [-0.2, 0) is 37.9 Å². The Labute approximate surface area is 178 Å². The molecular formula is C21H24F2N4O4. The molecule has 1 amide bonds. The van der Waals surface area contributed by atoms with Crippen molar-refractivity contribution in [3.63, 3.8) is 0 Å². The molecule has 0 radical (unpaired) electrons. The van der Waals surface area contributed by atoms with Crippen molar-refractivity contribution in [3.8, 4) is 0 Å². The fraction of sp³-hybridized carbons (Fsp3) is 0.286. The number of rotatable bonds is 9. The average Bonchev–Trinajstić information content (AvgIpc) is 2.72. The Morgan fingerprint density at radius 3 is 2.32 bits per heavy atom. The van der Waals surface area contributed by atoms with Gasteiger partial charge in [-0.25, -0.2) is 8.78 Å². The third-order valence-corrected chi connectivity index (χ3v) is 4.37. The normalized spacial score (nSPS) is 12.7. The van der Waals surface area contributed by atoms with Gasteiger partial charge in [-0.15, -0.1) is 0 Å². The van der Waals surface area contributed by atoms with Crippen LogP contribution >= 0.6 is 0 Å². The first-order valence-corrected chi connectivity index (χ1v) is 9.38. The quantitative estimate of drug-likeness (QED) is 0.205. The van der Waals surface area contributed by atoms with Crippen molar-refractivity contribution in [1.29, 1.82) is 5.41 Å². The van der Waals surface area contributed by atoms with Crippen LogP contribution in [-0.4, -0.2) is 24.3 Å². The highest BCUT2D eigenvalue weighted by Gasteiger charge is 2.49. The lowest BCUT2D eigenvalue weighted by molar-refractivity contribution is -0.233. The van der Waals surface area contributed by atoms with Crippen LogP contribution < -0.4 is 16.8 Å². The fourth-order valence-corrected chi connectivity index (χ4v) is 2.94. The molecule has 0 aromatic heterocycles. The van der Waals surface area contributed by atoms with Crippen LogP contribution in [0.15, 0.2) is 36.4 Å². The minimum absolute atomic E-state index is 0.0765. The lowest BCUT2D eigenvalue weighted by atomic mass is 9.99. The standard InChI is InChI=1S/C21H24F2N4O4/c1-3-30-21(31-12(2)28,17-16(22)9-8-15(10-24)18(17)23)20(29)27-11-13-4-6-14(7-5-13)19(25)26/h4-9H,3,10-11,24H2,1-2H3,(H3,25,26)(H,27,29)/t21-/m0/s1. The maximum Gasteiger partial charge on any atom is 0.326 e. The predicted octanol–water partition coefficient (Wildman–Crippen LogP) is 1.78.